The highest BCUT2D eigenvalue weighted by molar-refractivity contribution is 6.07. The predicted molar refractivity (Wildman–Crippen MR) is 71.5 cm³/mol. The molecule has 0 aliphatic rings. The van der Waals surface area contributed by atoms with E-state index >= 15 is 0 Å². The largest absolute Gasteiger partial charge is 0.395 e. The Balaban J connectivity index is 2.34. The van der Waals surface area contributed by atoms with E-state index in [0.717, 1.165) is 0 Å². The van der Waals surface area contributed by atoms with Crippen molar-refractivity contribution in [3.05, 3.63) is 41.5 Å². The Morgan fingerprint density at radius 3 is 2.74 bits per heavy atom. The average Bonchev–Trinajstić information content (AvgIpc) is 2.78. The minimum atomic E-state index is -0.469. The standard InChI is InChI=1S/C13H15FN4O/c1-3-9-11(15)12(17-16-9)13(19)18(2)10-7-5-4-6-8(10)14/h4-7H,3,15H2,1-2H3,(H,16,17). The van der Waals surface area contributed by atoms with Gasteiger partial charge in [0.1, 0.15) is 5.82 Å². The fourth-order valence-electron chi connectivity index (χ4n) is 1.81. The maximum atomic E-state index is 13.6. The summed E-state index contributed by atoms with van der Waals surface area (Å²) in [5, 5.41) is 6.61. The maximum Gasteiger partial charge on any atom is 0.280 e. The number of anilines is 2. The normalized spacial score (nSPS) is 10.5. The summed E-state index contributed by atoms with van der Waals surface area (Å²) in [5.41, 5.74) is 7.15. The third-order valence-electron chi connectivity index (χ3n) is 2.96. The lowest BCUT2D eigenvalue weighted by Gasteiger charge is -2.16. The highest BCUT2D eigenvalue weighted by Gasteiger charge is 2.22. The van der Waals surface area contributed by atoms with Crippen LogP contribution in [-0.2, 0) is 6.42 Å². The molecule has 0 saturated carbocycles. The fraction of sp³-hybridized carbons (Fsp3) is 0.231. The first-order valence-electron chi connectivity index (χ1n) is 5.91. The van der Waals surface area contributed by atoms with Crippen molar-refractivity contribution in [1.82, 2.24) is 10.2 Å². The molecule has 0 fully saturated rings. The molecule has 100 valence electrons. The number of benzene rings is 1. The molecule has 1 aromatic carbocycles. The first kappa shape index (κ1) is 13.1. The SMILES string of the molecule is CCc1[nH]nc(C(=O)N(C)c2ccccc2F)c1N. The van der Waals surface area contributed by atoms with Gasteiger partial charge in [0, 0.05) is 7.05 Å². The zero-order valence-corrected chi connectivity index (χ0v) is 10.8. The van der Waals surface area contributed by atoms with Gasteiger partial charge in [0.25, 0.3) is 5.91 Å². The molecule has 0 saturated heterocycles. The minimum absolute atomic E-state index is 0.114. The van der Waals surface area contributed by atoms with Crippen molar-refractivity contribution >= 4 is 17.3 Å². The topological polar surface area (TPSA) is 75.0 Å². The molecule has 0 aliphatic heterocycles. The third kappa shape index (κ3) is 2.29. The number of carbonyl (C=O) groups excluding carboxylic acids is 1. The highest BCUT2D eigenvalue weighted by Crippen LogP contribution is 2.22. The van der Waals surface area contributed by atoms with Gasteiger partial charge in [-0.05, 0) is 18.6 Å². The van der Waals surface area contributed by atoms with Crippen molar-refractivity contribution in [2.24, 2.45) is 0 Å². The molecule has 0 unspecified atom stereocenters. The molecule has 1 amide bonds. The van der Waals surface area contributed by atoms with Crippen LogP contribution in [0.1, 0.15) is 23.1 Å². The molecular formula is C13H15FN4O. The summed E-state index contributed by atoms with van der Waals surface area (Å²) in [6, 6.07) is 6.05. The van der Waals surface area contributed by atoms with E-state index in [1.54, 1.807) is 12.1 Å². The van der Waals surface area contributed by atoms with E-state index in [1.807, 2.05) is 6.92 Å². The maximum absolute atomic E-state index is 13.6. The fourth-order valence-corrected chi connectivity index (χ4v) is 1.81. The first-order valence-corrected chi connectivity index (χ1v) is 5.91. The minimum Gasteiger partial charge on any atom is -0.395 e. The van der Waals surface area contributed by atoms with E-state index in [-0.39, 0.29) is 11.4 Å². The number of aromatic amines is 1. The number of nitrogen functional groups attached to an aromatic ring is 1. The Labute approximate surface area is 110 Å². The van der Waals surface area contributed by atoms with Crippen LogP contribution in [-0.4, -0.2) is 23.2 Å². The Bertz CT molecular complexity index is 608. The van der Waals surface area contributed by atoms with Crippen LogP contribution in [0, 0.1) is 5.82 Å². The van der Waals surface area contributed by atoms with E-state index in [9.17, 15) is 9.18 Å². The number of nitrogens with zero attached hydrogens (tertiary/aromatic N) is 2. The number of para-hydroxylation sites is 1. The van der Waals surface area contributed by atoms with Crippen LogP contribution >= 0.6 is 0 Å². The van der Waals surface area contributed by atoms with Gasteiger partial charge in [-0.3, -0.25) is 9.89 Å². The second-order valence-electron chi connectivity index (χ2n) is 4.13. The van der Waals surface area contributed by atoms with Crippen LogP contribution in [0.15, 0.2) is 24.3 Å². The van der Waals surface area contributed by atoms with Gasteiger partial charge >= 0.3 is 0 Å². The zero-order valence-electron chi connectivity index (χ0n) is 10.8. The molecule has 19 heavy (non-hydrogen) atoms. The molecule has 0 radical (unpaired) electrons. The van der Waals surface area contributed by atoms with Crippen molar-refractivity contribution in [1.29, 1.82) is 0 Å². The van der Waals surface area contributed by atoms with Crippen LogP contribution < -0.4 is 10.6 Å². The van der Waals surface area contributed by atoms with E-state index in [1.165, 1.54) is 24.1 Å². The van der Waals surface area contributed by atoms with Crippen LogP contribution in [0.5, 0.6) is 0 Å². The van der Waals surface area contributed by atoms with Gasteiger partial charge in [-0.15, -0.1) is 0 Å². The van der Waals surface area contributed by atoms with E-state index in [4.69, 9.17) is 5.73 Å². The molecule has 1 heterocycles. The molecule has 5 nitrogen and oxygen atoms in total. The van der Waals surface area contributed by atoms with Gasteiger partial charge in [-0.25, -0.2) is 4.39 Å². The molecule has 1 aromatic heterocycles. The Morgan fingerprint density at radius 1 is 1.47 bits per heavy atom. The van der Waals surface area contributed by atoms with Gasteiger partial charge in [0.15, 0.2) is 5.69 Å². The summed E-state index contributed by atoms with van der Waals surface area (Å²) in [4.78, 5) is 13.4. The average molecular weight is 262 g/mol. The Hall–Kier alpha value is -2.37. The summed E-state index contributed by atoms with van der Waals surface area (Å²) in [7, 11) is 1.49. The molecule has 2 aromatic rings. The van der Waals surface area contributed by atoms with E-state index < -0.39 is 11.7 Å². The number of hydrogen-bond acceptors (Lipinski definition) is 3. The van der Waals surface area contributed by atoms with Crippen molar-refractivity contribution in [2.45, 2.75) is 13.3 Å². The summed E-state index contributed by atoms with van der Waals surface area (Å²) in [6.07, 6.45) is 0.648. The third-order valence-corrected chi connectivity index (χ3v) is 2.96. The van der Waals surface area contributed by atoms with Crippen LogP contribution in [0.3, 0.4) is 0 Å². The van der Waals surface area contributed by atoms with E-state index in [2.05, 4.69) is 10.2 Å². The monoisotopic (exact) mass is 262 g/mol. The van der Waals surface area contributed by atoms with E-state index in [0.29, 0.717) is 17.8 Å². The smallest absolute Gasteiger partial charge is 0.280 e. The summed E-state index contributed by atoms with van der Waals surface area (Å²) >= 11 is 0. The second-order valence-corrected chi connectivity index (χ2v) is 4.13. The number of aromatic nitrogens is 2. The van der Waals surface area contributed by atoms with Gasteiger partial charge in [-0.1, -0.05) is 19.1 Å². The number of aryl methyl sites for hydroxylation is 1. The van der Waals surface area contributed by atoms with Gasteiger partial charge < -0.3 is 10.6 Å². The Morgan fingerprint density at radius 2 is 2.16 bits per heavy atom. The quantitative estimate of drug-likeness (QED) is 0.888. The van der Waals surface area contributed by atoms with Crippen LogP contribution in [0.4, 0.5) is 15.8 Å². The molecule has 0 spiro atoms. The first-order chi connectivity index (χ1) is 9.06. The molecule has 0 atom stereocenters. The number of rotatable bonds is 3. The van der Waals surface area contributed by atoms with Crippen molar-refractivity contribution < 1.29 is 9.18 Å². The molecule has 3 N–H and O–H groups in total. The number of H-pyrrole nitrogens is 1. The molecule has 0 bridgehead atoms. The summed E-state index contributed by atoms with van der Waals surface area (Å²) in [5.74, 6) is -0.915. The van der Waals surface area contributed by atoms with Gasteiger partial charge in [0.05, 0.1) is 17.1 Å². The molecule has 2 rings (SSSR count). The highest BCUT2D eigenvalue weighted by atomic mass is 19.1. The number of amides is 1. The van der Waals surface area contributed by atoms with Crippen LogP contribution in [0.2, 0.25) is 0 Å². The van der Waals surface area contributed by atoms with Gasteiger partial charge in [-0.2, -0.15) is 5.10 Å². The lowest BCUT2D eigenvalue weighted by Crippen LogP contribution is -2.28. The molecule has 6 heteroatoms. The number of carbonyl (C=O) groups is 1. The number of hydrogen-bond donors (Lipinski definition) is 2. The summed E-state index contributed by atoms with van der Waals surface area (Å²) < 4.78 is 13.6. The van der Waals surface area contributed by atoms with Crippen molar-refractivity contribution in [2.75, 3.05) is 17.7 Å². The lowest BCUT2D eigenvalue weighted by molar-refractivity contribution is 0.0988. The summed E-state index contributed by atoms with van der Waals surface area (Å²) in [6.45, 7) is 1.90. The number of nitrogens with two attached hydrogens (primary N) is 1. The molecular weight excluding hydrogens is 247 g/mol. The lowest BCUT2D eigenvalue weighted by atomic mass is 10.2. The Kier molecular flexibility index (Phi) is 3.50. The van der Waals surface area contributed by atoms with Gasteiger partial charge in [0.2, 0.25) is 0 Å². The van der Waals surface area contributed by atoms with Crippen LogP contribution in [0.25, 0.3) is 0 Å². The predicted octanol–water partition coefficient (Wildman–Crippen LogP) is 1.97. The molecule has 0 aliphatic carbocycles. The number of nitrogens with one attached hydrogen (secondary N) is 1. The number of halogens is 1. The zero-order chi connectivity index (χ0) is 14.0. The second kappa shape index (κ2) is 5.09. The van der Waals surface area contributed by atoms with Crippen molar-refractivity contribution in [3.8, 4) is 0 Å². The van der Waals surface area contributed by atoms with Crippen molar-refractivity contribution in [3.63, 3.8) is 0 Å².